The molecule has 0 bridgehead atoms. The predicted molar refractivity (Wildman–Crippen MR) is 67.7 cm³/mol. The molecule has 0 saturated carbocycles. The van der Waals surface area contributed by atoms with E-state index in [1.165, 1.54) is 5.56 Å². The Morgan fingerprint density at radius 2 is 2.00 bits per heavy atom. The highest BCUT2D eigenvalue weighted by Gasteiger charge is 2.06. The van der Waals surface area contributed by atoms with Crippen molar-refractivity contribution >= 4 is 11.8 Å². The molecular weight excluding hydrogens is 206 g/mol. The van der Waals surface area contributed by atoms with Gasteiger partial charge in [0.15, 0.2) is 0 Å². The van der Waals surface area contributed by atoms with E-state index in [-0.39, 0.29) is 0 Å². The third-order valence-electron chi connectivity index (χ3n) is 2.35. The van der Waals surface area contributed by atoms with E-state index < -0.39 is 0 Å². The molecule has 1 aromatic rings. The van der Waals surface area contributed by atoms with Crippen molar-refractivity contribution in [2.75, 3.05) is 18.6 Å². The van der Waals surface area contributed by atoms with Crippen LogP contribution in [0.5, 0.6) is 5.75 Å². The van der Waals surface area contributed by atoms with Crippen LogP contribution < -0.4 is 5.32 Å². The van der Waals surface area contributed by atoms with Crippen molar-refractivity contribution in [3.05, 3.63) is 29.8 Å². The van der Waals surface area contributed by atoms with E-state index in [4.69, 9.17) is 5.11 Å². The van der Waals surface area contributed by atoms with Crippen molar-refractivity contribution in [3.63, 3.8) is 0 Å². The highest BCUT2D eigenvalue weighted by atomic mass is 32.2. The largest absolute Gasteiger partial charge is 0.508 e. The molecule has 2 N–H and O–H groups in total. The molecular formula is C12H19NOS. The van der Waals surface area contributed by atoms with Gasteiger partial charge in [-0.25, -0.2) is 0 Å². The van der Waals surface area contributed by atoms with Crippen LogP contribution in [0.4, 0.5) is 0 Å². The molecule has 0 heterocycles. The van der Waals surface area contributed by atoms with Crippen LogP contribution in [0.25, 0.3) is 0 Å². The first-order valence-corrected chi connectivity index (χ1v) is 6.44. The normalized spacial score (nSPS) is 12.7. The maximum absolute atomic E-state index is 9.17. The molecule has 0 saturated heterocycles. The van der Waals surface area contributed by atoms with Gasteiger partial charge in [0.05, 0.1) is 0 Å². The number of thioether (sulfide) groups is 1. The fourth-order valence-corrected chi connectivity index (χ4v) is 2.23. The topological polar surface area (TPSA) is 32.3 Å². The van der Waals surface area contributed by atoms with Crippen molar-refractivity contribution in [1.82, 2.24) is 5.32 Å². The first kappa shape index (κ1) is 12.4. The summed E-state index contributed by atoms with van der Waals surface area (Å²) in [6, 6.07) is 7.97. The molecule has 0 fully saturated rings. The second-order valence-electron chi connectivity index (χ2n) is 3.52. The Morgan fingerprint density at radius 1 is 1.33 bits per heavy atom. The van der Waals surface area contributed by atoms with Crippen molar-refractivity contribution in [1.29, 1.82) is 0 Å². The lowest BCUT2D eigenvalue weighted by Gasteiger charge is -2.15. The second kappa shape index (κ2) is 6.75. The standard InChI is InChI=1S/C12H19NOS/c1-3-15-9-11(13-2)8-10-4-6-12(14)7-5-10/h4-7,11,13-14H,3,8-9H2,1-2H3. The lowest BCUT2D eigenvalue weighted by atomic mass is 10.1. The average molecular weight is 225 g/mol. The molecule has 1 rings (SSSR count). The number of aromatic hydroxyl groups is 1. The Balaban J connectivity index is 2.47. The number of benzene rings is 1. The Kier molecular flexibility index (Phi) is 5.58. The molecule has 1 atom stereocenters. The van der Waals surface area contributed by atoms with Gasteiger partial charge in [-0.05, 0) is 36.9 Å². The lowest BCUT2D eigenvalue weighted by Crippen LogP contribution is -2.30. The van der Waals surface area contributed by atoms with E-state index in [1.54, 1.807) is 12.1 Å². The van der Waals surface area contributed by atoms with E-state index in [9.17, 15) is 0 Å². The van der Waals surface area contributed by atoms with Crippen LogP contribution in [0.2, 0.25) is 0 Å². The minimum atomic E-state index is 0.336. The van der Waals surface area contributed by atoms with Gasteiger partial charge >= 0.3 is 0 Å². The molecule has 0 aromatic heterocycles. The highest BCUT2D eigenvalue weighted by Crippen LogP contribution is 2.13. The highest BCUT2D eigenvalue weighted by molar-refractivity contribution is 7.99. The zero-order chi connectivity index (χ0) is 11.1. The predicted octanol–water partition coefficient (Wildman–Crippen LogP) is 2.28. The van der Waals surface area contributed by atoms with Gasteiger partial charge in [0.2, 0.25) is 0 Å². The molecule has 0 aliphatic rings. The van der Waals surface area contributed by atoms with Crippen LogP contribution in [-0.2, 0) is 6.42 Å². The maximum atomic E-state index is 9.17. The molecule has 0 radical (unpaired) electrons. The first-order valence-electron chi connectivity index (χ1n) is 5.29. The van der Waals surface area contributed by atoms with Crippen LogP contribution in [0, 0.1) is 0 Å². The Hall–Kier alpha value is -0.670. The van der Waals surface area contributed by atoms with Gasteiger partial charge in [-0.15, -0.1) is 0 Å². The van der Waals surface area contributed by atoms with Crippen molar-refractivity contribution in [2.45, 2.75) is 19.4 Å². The molecule has 0 aliphatic carbocycles. The van der Waals surface area contributed by atoms with E-state index in [2.05, 4.69) is 12.2 Å². The number of rotatable bonds is 6. The van der Waals surface area contributed by atoms with Gasteiger partial charge in [0.25, 0.3) is 0 Å². The third-order valence-corrected chi connectivity index (χ3v) is 3.40. The monoisotopic (exact) mass is 225 g/mol. The van der Waals surface area contributed by atoms with Crippen LogP contribution in [0.15, 0.2) is 24.3 Å². The fraction of sp³-hybridized carbons (Fsp3) is 0.500. The summed E-state index contributed by atoms with van der Waals surface area (Å²) < 4.78 is 0. The third kappa shape index (κ3) is 4.58. The SMILES string of the molecule is CCSCC(Cc1ccc(O)cc1)NC. The zero-order valence-electron chi connectivity index (χ0n) is 9.36. The maximum Gasteiger partial charge on any atom is 0.115 e. The number of likely N-dealkylation sites (N-methyl/N-ethyl adjacent to an activating group) is 1. The van der Waals surface area contributed by atoms with Gasteiger partial charge in [0, 0.05) is 11.8 Å². The first-order chi connectivity index (χ1) is 7.26. The number of phenols is 1. The number of hydrogen-bond acceptors (Lipinski definition) is 3. The second-order valence-corrected chi connectivity index (χ2v) is 4.83. The molecule has 1 unspecified atom stereocenters. The van der Waals surface area contributed by atoms with Crippen molar-refractivity contribution < 1.29 is 5.11 Å². The molecule has 0 aliphatic heterocycles. The zero-order valence-corrected chi connectivity index (χ0v) is 10.2. The summed E-state index contributed by atoms with van der Waals surface area (Å²) in [6.45, 7) is 2.18. The summed E-state index contributed by atoms with van der Waals surface area (Å²) in [4.78, 5) is 0. The Morgan fingerprint density at radius 3 is 2.53 bits per heavy atom. The van der Waals surface area contributed by atoms with Gasteiger partial charge in [-0.2, -0.15) is 11.8 Å². The summed E-state index contributed by atoms with van der Waals surface area (Å²) >= 11 is 1.95. The molecule has 0 spiro atoms. The minimum absolute atomic E-state index is 0.336. The van der Waals surface area contributed by atoms with Gasteiger partial charge < -0.3 is 10.4 Å². The molecule has 1 aromatic carbocycles. The summed E-state index contributed by atoms with van der Waals surface area (Å²) in [7, 11) is 2.00. The quantitative estimate of drug-likeness (QED) is 0.779. The van der Waals surface area contributed by atoms with E-state index >= 15 is 0 Å². The molecule has 0 amide bonds. The Labute approximate surface area is 96.1 Å². The number of hydrogen-bond donors (Lipinski definition) is 2. The fourth-order valence-electron chi connectivity index (χ4n) is 1.42. The lowest BCUT2D eigenvalue weighted by molar-refractivity contribution is 0.475. The minimum Gasteiger partial charge on any atom is -0.508 e. The van der Waals surface area contributed by atoms with Crippen LogP contribution in [0.1, 0.15) is 12.5 Å². The summed E-state index contributed by atoms with van der Waals surface area (Å²) in [6.07, 6.45) is 1.02. The van der Waals surface area contributed by atoms with E-state index in [0.29, 0.717) is 11.8 Å². The number of nitrogens with one attached hydrogen (secondary N) is 1. The number of phenolic OH excluding ortho intramolecular Hbond substituents is 1. The van der Waals surface area contributed by atoms with Crippen molar-refractivity contribution in [2.24, 2.45) is 0 Å². The van der Waals surface area contributed by atoms with Crippen LogP contribution in [-0.4, -0.2) is 29.7 Å². The molecule has 84 valence electrons. The summed E-state index contributed by atoms with van der Waals surface area (Å²) in [5.74, 6) is 2.63. The summed E-state index contributed by atoms with van der Waals surface area (Å²) in [5, 5.41) is 12.5. The Bertz CT molecular complexity index is 273. The van der Waals surface area contributed by atoms with Crippen LogP contribution >= 0.6 is 11.8 Å². The van der Waals surface area contributed by atoms with Gasteiger partial charge in [-0.3, -0.25) is 0 Å². The van der Waals surface area contributed by atoms with Gasteiger partial charge in [-0.1, -0.05) is 19.1 Å². The van der Waals surface area contributed by atoms with Crippen LogP contribution in [0.3, 0.4) is 0 Å². The molecule has 3 heteroatoms. The van der Waals surface area contributed by atoms with E-state index in [1.807, 2.05) is 30.9 Å². The van der Waals surface area contributed by atoms with Gasteiger partial charge in [0.1, 0.15) is 5.75 Å². The van der Waals surface area contributed by atoms with Crippen molar-refractivity contribution in [3.8, 4) is 5.75 Å². The molecule has 15 heavy (non-hydrogen) atoms. The smallest absolute Gasteiger partial charge is 0.115 e. The summed E-state index contributed by atoms with van der Waals surface area (Å²) in [5.41, 5.74) is 1.27. The van der Waals surface area contributed by atoms with E-state index in [0.717, 1.165) is 17.9 Å². The molecule has 2 nitrogen and oxygen atoms in total. The average Bonchev–Trinajstić information content (AvgIpc) is 2.27.